The molecule has 1 saturated heterocycles. The number of rotatable bonds is 7. The molecule has 1 fully saturated rings. The molecule has 1 aromatic carbocycles. The second-order valence-corrected chi connectivity index (χ2v) is 8.39. The number of ketones is 1. The van der Waals surface area contributed by atoms with Gasteiger partial charge in [0, 0.05) is 44.0 Å². The predicted octanol–water partition coefficient (Wildman–Crippen LogP) is 4.52. The zero-order valence-corrected chi connectivity index (χ0v) is 18.2. The number of pyridine rings is 1. The van der Waals surface area contributed by atoms with Gasteiger partial charge in [-0.1, -0.05) is 12.1 Å². The van der Waals surface area contributed by atoms with Crippen LogP contribution in [0.2, 0.25) is 0 Å². The van der Waals surface area contributed by atoms with Crippen molar-refractivity contribution in [2.75, 3.05) is 32.7 Å². The highest BCUT2D eigenvalue weighted by atomic mass is 19.4. The van der Waals surface area contributed by atoms with E-state index in [4.69, 9.17) is 0 Å². The van der Waals surface area contributed by atoms with Gasteiger partial charge in [-0.3, -0.25) is 9.69 Å². The fraction of sp³-hybridized carbons (Fsp3) is 0.417. The van der Waals surface area contributed by atoms with Crippen LogP contribution >= 0.6 is 0 Å². The van der Waals surface area contributed by atoms with Crippen molar-refractivity contribution < 1.29 is 22.4 Å². The summed E-state index contributed by atoms with van der Waals surface area (Å²) >= 11 is 0. The Balaban J connectivity index is 1.33. The number of carbonyl (C=O) groups is 1. The van der Waals surface area contributed by atoms with Crippen LogP contribution in [0.5, 0.6) is 0 Å². The summed E-state index contributed by atoms with van der Waals surface area (Å²) in [5.74, 6) is -2.07. The largest absolute Gasteiger partial charge is 0.454 e. The van der Waals surface area contributed by atoms with E-state index >= 15 is 0 Å². The van der Waals surface area contributed by atoms with E-state index in [0.717, 1.165) is 57.7 Å². The fourth-order valence-corrected chi connectivity index (χ4v) is 4.35. The Morgan fingerprint density at radius 3 is 2.45 bits per heavy atom. The van der Waals surface area contributed by atoms with E-state index in [9.17, 15) is 22.4 Å². The highest BCUT2D eigenvalue weighted by Gasteiger charge is 2.41. The molecule has 0 radical (unpaired) electrons. The molecular formula is C24H26F4N4O. The van der Waals surface area contributed by atoms with Gasteiger partial charge in [-0.05, 0) is 62.3 Å². The van der Waals surface area contributed by atoms with Crippen LogP contribution in [0, 0.1) is 5.82 Å². The number of aromatic nitrogens is 2. The molecule has 3 heterocycles. The predicted molar refractivity (Wildman–Crippen MR) is 117 cm³/mol. The van der Waals surface area contributed by atoms with Gasteiger partial charge in [0.1, 0.15) is 11.5 Å². The summed E-state index contributed by atoms with van der Waals surface area (Å²) < 4.78 is 53.7. The molecular weight excluding hydrogens is 436 g/mol. The minimum atomic E-state index is -4.92. The minimum Gasteiger partial charge on any atom is -0.332 e. The van der Waals surface area contributed by atoms with Crippen molar-refractivity contribution in [3.8, 4) is 0 Å². The lowest BCUT2D eigenvalue weighted by Gasteiger charge is -2.22. The van der Waals surface area contributed by atoms with Crippen LogP contribution in [0.1, 0.15) is 28.8 Å². The van der Waals surface area contributed by atoms with Gasteiger partial charge in [-0.25, -0.2) is 9.37 Å². The number of carbonyl (C=O) groups excluding carboxylic acids is 1. The van der Waals surface area contributed by atoms with Gasteiger partial charge < -0.3 is 9.47 Å². The zero-order valence-electron chi connectivity index (χ0n) is 18.2. The third kappa shape index (κ3) is 5.78. The summed E-state index contributed by atoms with van der Waals surface area (Å²) in [7, 11) is 0. The smallest absolute Gasteiger partial charge is 0.332 e. The van der Waals surface area contributed by atoms with Gasteiger partial charge in [-0.15, -0.1) is 0 Å². The molecule has 0 aliphatic carbocycles. The van der Waals surface area contributed by atoms with E-state index in [1.807, 2.05) is 12.1 Å². The first-order valence-electron chi connectivity index (χ1n) is 11.1. The second-order valence-electron chi connectivity index (χ2n) is 8.39. The van der Waals surface area contributed by atoms with Gasteiger partial charge in [0.05, 0.1) is 5.56 Å². The first kappa shape index (κ1) is 23.4. The van der Waals surface area contributed by atoms with E-state index in [-0.39, 0.29) is 16.8 Å². The second kappa shape index (κ2) is 10.0. The average Bonchev–Trinajstić information content (AvgIpc) is 3.00. The van der Waals surface area contributed by atoms with Crippen LogP contribution in [0.4, 0.5) is 17.6 Å². The molecule has 0 spiro atoms. The van der Waals surface area contributed by atoms with Crippen molar-refractivity contribution in [3.63, 3.8) is 0 Å². The maximum atomic E-state index is 13.1. The number of Topliss-reactive ketones (excluding diaryl/α,β-unsaturated/α-hetero) is 1. The highest BCUT2D eigenvalue weighted by Crippen LogP contribution is 2.27. The number of fused-ring (bicyclic) bond motifs is 1. The van der Waals surface area contributed by atoms with Crippen molar-refractivity contribution in [3.05, 3.63) is 65.7 Å². The summed E-state index contributed by atoms with van der Waals surface area (Å²) in [6, 6.07) is 9.62. The lowest BCUT2D eigenvalue weighted by molar-refractivity contribution is -0.0884. The van der Waals surface area contributed by atoms with Crippen LogP contribution in [0.25, 0.3) is 11.0 Å². The molecule has 2 aromatic heterocycles. The third-order valence-corrected chi connectivity index (χ3v) is 6.01. The van der Waals surface area contributed by atoms with Crippen molar-refractivity contribution in [2.45, 2.75) is 32.1 Å². The maximum Gasteiger partial charge on any atom is 0.454 e. The van der Waals surface area contributed by atoms with E-state index in [1.165, 1.54) is 36.7 Å². The molecule has 3 aromatic rings. The molecule has 4 rings (SSSR count). The monoisotopic (exact) mass is 462 g/mol. The Morgan fingerprint density at radius 1 is 0.970 bits per heavy atom. The van der Waals surface area contributed by atoms with Gasteiger partial charge >= 0.3 is 6.18 Å². The van der Waals surface area contributed by atoms with Crippen molar-refractivity contribution >= 4 is 16.8 Å². The number of benzene rings is 1. The molecule has 0 amide bonds. The molecule has 176 valence electrons. The van der Waals surface area contributed by atoms with E-state index < -0.39 is 12.0 Å². The van der Waals surface area contributed by atoms with Crippen molar-refractivity contribution in [2.24, 2.45) is 0 Å². The van der Waals surface area contributed by atoms with Crippen molar-refractivity contribution in [1.82, 2.24) is 19.4 Å². The molecule has 0 bridgehead atoms. The first-order valence-corrected chi connectivity index (χ1v) is 11.1. The number of hydrogen-bond acceptors (Lipinski definition) is 4. The number of halogens is 4. The standard InChI is InChI=1S/C24H26F4N4O/c25-19-7-5-18(6-8-19)16-31-12-2-10-30(14-15-31)11-3-13-32-17-21(22(33)24(26,27)28)20-4-1-9-29-23(20)32/h1,4-9,17H,2-3,10-16H2. The number of nitrogens with zero attached hydrogens (tertiary/aromatic N) is 4. The van der Waals surface area contributed by atoms with Gasteiger partial charge in [0.2, 0.25) is 0 Å². The Labute approximate surface area is 189 Å². The molecule has 0 unspecified atom stereocenters. The highest BCUT2D eigenvalue weighted by molar-refractivity contribution is 6.10. The number of alkyl halides is 3. The van der Waals surface area contributed by atoms with E-state index in [2.05, 4.69) is 14.8 Å². The average molecular weight is 462 g/mol. The lowest BCUT2D eigenvalue weighted by atomic mass is 10.1. The Bertz CT molecular complexity index is 1090. The Kier molecular flexibility index (Phi) is 7.09. The summed E-state index contributed by atoms with van der Waals surface area (Å²) in [6.45, 7) is 5.77. The molecule has 1 aliphatic heterocycles. The quantitative estimate of drug-likeness (QED) is 0.383. The minimum absolute atomic E-state index is 0.228. The molecule has 9 heteroatoms. The van der Waals surface area contributed by atoms with Crippen molar-refractivity contribution in [1.29, 1.82) is 0 Å². The third-order valence-electron chi connectivity index (χ3n) is 6.01. The van der Waals surface area contributed by atoms with E-state index in [1.54, 1.807) is 4.57 Å². The van der Waals surface area contributed by atoms with Crippen LogP contribution in [-0.4, -0.2) is 64.0 Å². The molecule has 5 nitrogen and oxygen atoms in total. The molecule has 33 heavy (non-hydrogen) atoms. The number of aryl methyl sites for hydroxylation is 1. The SMILES string of the molecule is O=C(c1cn(CCCN2CCCN(Cc3ccc(F)cc3)CC2)c2ncccc12)C(F)(F)F. The van der Waals surface area contributed by atoms with E-state index in [0.29, 0.717) is 12.2 Å². The molecule has 0 N–H and O–H groups in total. The summed E-state index contributed by atoms with van der Waals surface area (Å²) in [5, 5.41) is 0.228. The van der Waals surface area contributed by atoms with Gasteiger partial charge in [0.15, 0.2) is 0 Å². The Morgan fingerprint density at radius 2 is 1.70 bits per heavy atom. The lowest BCUT2D eigenvalue weighted by Crippen LogP contribution is -2.31. The Hall–Kier alpha value is -2.78. The van der Waals surface area contributed by atoms with Gasteiger partial charge in [0.25, 0.3) is 5.78 Å². The summed E-state index contributed by atoms with van der Waals surface area (Å²) in [6.07, 6.45) is -0.371. The van der Waals surface area contributed by atoms with Gasteiger partial charge in [-0.2, -0.15) is 13.2 Å². The summed E-state index contributed by atoms with van der Waals surface area (Å²) in [5.41, 5.74) is 1.13. The number of hydrogen-bond donors (Lipinski definition) is 0. The first-order chi connectivity index (χ1) is 15.8. The van der Waals surface area contributed by atoms with Crippen LogP contribution in [0.3, 0.4) is 0 Å². The van der Waals surface area contributed by atoms with Crippen LogP contribution in [-0.2, 0) is 13.1 Å². The molecule has 0 saturated carbocycles. The molecule has 0 atom stereocenters. The summed E-state index contributed by atoms with van der Waals surface area (Å²) in [4.78, 5) is 20.7. The zero-order chi connectivity index (χ0) is 23.4. The molecule has 1 aliphatic rings. The van der Waals surface area contributed by atoms with Crippen LogP contribution < -0.4 is 0 Å². The fourth-order valence-electron chi connectivity index (χ4n) is 4.35. The topological polar surface area (TPSA) is 41.4 Å². The normalized spacial score (nSPS) is 16.2. The maximum absolute atomic E-state index is 13.1. The van der Waals surface area contributed by atoms with Crippen LogP contribution in [0.15, 0.2) is 48.8 Å².